The maximum Gasteiger partial charge on any atom is 0.263 e. The zero-order valence-electron chi connectivity index (χ0n) is 13.9. The van der Waals surface area contributed by atoms with Crippen LogP contribution in [0.4, 0.5) is 5.13 Å². The number of hydrogen-bond acceptors (Lipinski definition) is 6. The first-order valence-corrected chi connectivity index (χ1v) is 10.2. The van der Waals surface area contributed by atoms with Gasteiger partial charge >= 0.3 is 0 Å². The Hall–Kier alpha value is -1.97. The van der Waals surface area contributed by atoms with Crippen LogP contribution >= 0.6 is 11.3 Å². The molecule has 136 valence electrons. The molecule has 2 aromatic rings. The SMILES string of the molecule is CCOCCCNC(=O)Cc1csc(NS(=O)(=O)c2ccccc2)n1. The van der Waals surface area contributed by atoms with E-state index in [0.717, 1.165) is 17.8 Å². The molecule has 2 rings (SSSR count). The molecule has 0 saturated heterocycles. The fourth-order valence-corrected chi connectivity index (χ4v) is 3.97. The third-order valence-electron chi connectivity index (χ3n) is 3.16. The second-order valence-electron chi connectivity index (χ2n) is 5.14. The van der Waals surface area contributed by atoms with Crippen LogP contribution in [0.15, 0.2) is 40.6 Å². The third-order valence-corrected chi connectivity index (χ3v) is 5.45. The summed E-state index contributed by atoms with van der Waals surface area (Å²) in [6.07, 6.45) is 0.858. The lowest BCUT2D eigenvalue weighted by Crippen LogP contribution is -2.27. The normalized spacial score (nSPS) is 11.2. The molecule has 0 spiro atoms. The number of aromatic nitrogens is 1. The van der Waals surface area contributed by atoms with Crippen LogP contribution in [0, 0.1) is 0 Å². The van der Waals surface area contributed by atoms with Gasteiger partial charge in [0, 0.05) is 25.1 Å². The molecule has 0 fully saturated rings. The summed E-state index contributed by atoms with van der Waals surface area (Å²) < 4.78 is 32.1. The standard InChI is InChI=1S/C16H21N3O4S2/c1-2-23-10-6-9-17-15(20)11-13-12-24-16(18-13)19-25(21,22)14-7-4-3-5-8-14/h3-5,7-8,12H,2,6,9-11H2,1H3,(H,17,20)(H,18,19). The van der Waals surface area contributed by atoms with E-state index in [2.05, 4.69) is 15.0 Å². The summed E-state index contributed by atoms with van der Waals surface area (Å²) in [6, 6.07) is 8.06. The van der Waals surface area contributed by atoms with Gasteiger partial charge in [-0.1, -0.05) is 18.2 Å². The molecule has 0 saturated carbocycles. The van der Waals surface area contributed by atoms with Crippen LogP contribution in [0.2, 0.25) is 0 Å². The van der Waals surface area contributed by atoms with Gasteiger partial charge in [0.1, 0.15) is 0 Å². The van der Waals surface area contributed by atoms with Crippen LogP contribution in [0.3, 0.4) is 0 Å². The van der Waals surface area contributed by atoms with Crippen molar-refractivity contribution in [3.63, 3.8) is 0 Å². The Morgan fingerprint density at radius 2 is 2.04 bits per heavy atom. The second kappa shape index (κ2) is 9.50. The highest BCUT2D eigenvalue weighted by molar-refractivity contribution is 7.93. The van der Waals surface area contributed by atoms with E-state index in [9.17, 15) is 13.2 Å². The van der Waals surface area contributed by atoms with Crippen molar-refractivity contribution in [2.24, 2.45) is 0 Å². The number of thiazole rings is 1. The van der Waals surface area contributed by atoms with Gasteiger partial charge in [0.15, 0.2) is 5.13 Å². The minimum atomic E-state index is -3.67. The van der Waals surface area contributed by atoms with Gasteiger partial charge in [-0.25, -0.2) is 13.4 Å². The van der Waals surface area contributed by atoms with Gasteiger partial charge < -0.3 is 10.1 Å². The predicted molar refractivity (Wildman–Crippen MR) is 97.2 cm³/mol. The summed E-state index contributed by atoms with van der Waals surface area (Å²) in [5.74, 6) is -0.153. The summed E-state index contributed by atoms with van der Waals surface area (Å²) >= 11 is 1.15. The van der Waals surface area contributed by atoms with Gasteiger partial charge in [0.25, 0.3) is 10.0 Å². The van der Waals surface area contributed by atoms with Gasteiger partial charge in [-0.2, -0.15) is 0 Å². The maximum absolute atomic E-state index is 12.2. The molecule has 1 amide bonds. The van der Waals surface area contributed by atoms with E-state index >= 15 is 0 Å². The molecule has 0 unspecified atom stereocenters. The Kier molecular flexibility index (Phi) is 7.35. The number of anilines is 1. The summed E-state index contributed by atoms with van der Waals surface area (Å²) in [6.45, 7) is 3.73. The van der Waals surface area contributed by atoms with E-state index in [4.69, 9.17) is 4.74 Å². The highest BCUT2D eigenvalue weighted by Crippen LogP contribution is 2.20. The van der Waals surface area contributed by atoms with Crippen LogP contribution in [-0.2, 0) is 26.0 Å². The van der Waals surface area contributed by atoms with E-state index < -0.39 is 10.0 Å². The zero-order valence-corrected chi connectivity index (χ0v) is 15.5. The smallest absolute Gasteiger partial charge is 0.263 e. The highest BCUT2D eigenvalue weighted by Gasteiger charge is 2.16. The van der Waals surface area contributed by atoms with Crippen molar-refractivity contribution in [2.75, 3.05) is 24.5 Å². The van der Waals surface area contributed by atoms with Crippen LogP contribution < -0.4 is 10.0 Å². The van der Waals surface area contributed by atoms with Crippen molar-refractivity contribution in [1.29, 1.82) is 0 Å². The topological polar surface area (TPSA) is 97.4 Å². The Bertz CT molecular complexity index is 776. The number of hydrogen-bond donors (Lipinski definition) is 2. The van der Waals surface area contributed by atoms with E-state index in [-0.39, 0.29) is 22.4 Å². The molecule has 7 nitrogen and oxygen atoms in total. The number of benzene rings is 1. The van der Waals surface area contributed by atoms with E-state index in [1.54, 1.807) is 23.6 Å². The molecule has 0 aliphatic rings. The van der Waals surface area contributed by atoms with Crippen molar-refractivity contribution in [3.05, 3.63) is 41.4 Å². The number of carbonyl (C=O) groups is 1. The van der Waals surface area contributed by atoms with Crippen LogP contribution in [0.1, 0.15) is 19.0 Å². The minimum Gasteiger partial charge on any atom is -0.382 e. The molecule has 9 heteroatoms. The summed E-state index contributed by atoms with van der Waals surface area (Å²) in [7, 11) is -3.67. The lowest BCUT2D eigenvalue weighted by atomic mass is 10.3. The highest BCUT2D eigenvalue weighted by atomic mass is 32.2. The zero-order chi connectivity index (χ0) is 18.1. The number of carbonyl (C=O) groups excluding carboxylic acids is 1. The first-order valence-electron chi connectivity index (χ1n) is 7.88. The molecule has 0 aliphatic carbocycles. The largest absolute Gasteiger partial charge is 0.382 e. The monoisotopic (exact) mass is 383 g/mol. The molecule has 1 aromatic heterocycles. The quantitative estimate of drug-likeness (QED) is 0.612. The molecule has 0 aliphatic heterocycles. The fourth-order valence-electron chi connectivity index (χ4n) is 1.98. The molecular formula is C16H21N3O4S2. The van der Waals surface area contributed by atoms with Crippen LogP contribution in [0.5, 0.6) is 0 Å². The average Bonchev–Trinajstić information content (AvgIpc) is 3.01. The molecule has 0 bridgehead atoms. The molecule has 1 heterocycles. The van der Waals surface area contributed by atoms with E-state index in [1.165, 1.54) is 12.1 Å². The van der Waals surface area contributed by atoms with E-state index in [0.29, 0.717) is 25.5 Å². The first-order chi connectivity index (χ1) is 12.0. The van der Waals surface area contributed by atoms with Crippen molar-refractivity contribution in [2.45, 2.75) is 24.7 Å². The predicted octanol–water partition coefficient (Wildman–Crippen LogP) is 2.03. The number of nitrogens with one attached hydrogen (secondary N) is 2. The molecular weight excluding hydrogens is 362 g/mol. The lowest BCUT2D eigenvalue weighted by Gasteiger charge is -2.05. The third kappa shape index (κ3) is 6.45. The van der Waals surface area contributed by atoms with Gasteiger partial charge in [-0.05, 0) is 25.5 Å². The second-order valence-corrected chi connectivity index (χ2v) is 7.68. The minimum absolute atomic E-state index is 0.109. The summed E-state index contributed by atoms with van der Waals surface area (Å²) in [4.78, 5) is 16.2. The fraction of sp³-hybridized carbons (Fsp3) is 0.375. The molecule has 2 N–H and O–H groups in total. The maximum atomic E-state index is 12.2. The lowest BCUT2D eigenvalue weighted by molar-refractivity contribution is -0.120. The number of amides is 1. The molecule has 0 radical (unpaired) electrons. The molecule has 0 atom stereocenters. The number of sulfonamides is 1. The van der Waals surface area contributed by atoms with Gasteiger partial charge in [-0.15, -0.1) is 11.3 Å². The van der Waals surface area contributed by atoms with Gasteiger partial charge in [0.2, 0.25) is 5.91 Å². The Labute approximate surface area is 151 Å². The molecule has 1 aromatic carbocycles. The van der Waals surface area contributed by atoms with Crippen molar-refractivity contribution in [1.82, 2.24) is 10.3 Å². The van der Waals surface area contributed by atoms with Crippen molar-refractivity contribution in [3.8, 4) is 0 Å². The number of ether oxygens (including phenoxy) is 1. The van der Waals surface area contributed by atoms with Crippen LogP contribution in [0.25, 0.3) is 0 Å². The van der Waals surface area contributed by atoms with Crippen molar-refractivity contribution >= 4 is 32.4 Å². The Morgan fingerprint density at radius 3 is 2.76 bits per heavy atom. The number of nitrogens with zero attached hydrogens (tertiary/aromatic N) is 1. The summed E-state index contributed by atoms with van der Waals surface area (Å²) in [5, 5.41) is 4.69. The molecule has 25 heavy (non-hydrogen) atoms. The Balaban J connectivity index is 1.85. The first kappa shape index (κ1) is 19.4. The van der Waals surface area contributed by atoms with Gasteiger partial charge in [-0.3, -0.25) is 9.52 Å². The number of rotatable bonds is 10. The van der Waals surface area contributed by atoms with Crippen molar-refractivity contribution < 1.29 is 17.9 Å². The van der Waals surface area contributed by atoms with Gasteiger partial charge in [0.05, 0.1) is 17.0 Å². The average molecular weight is 383 g/mol. The van der Waals surface area contributed by atoms with E-state index in [1.807, 2.05) is 6.92 Å². The Morgan fingerprint density at radius 1 is 1.28 bits per heavy atom. The van der Waals surface area contributed by atoms with Crippen LogP contribution in [-0.4, -0.2) is 39.1 Å². The summed E-state index contributed by atoms with van der Waals surface area (Å²) in [5.41, 5.74) is 0.526.